The van der Waals surface area contributed by atoms with Gasteiger partial charge in [0, 0.05) is 17.8 Å². The monoisotopic (exact) mass is 303 g/mol. The second-order valence-electron chi connectivity index (χ2n) is 5.20. The Kier molecular flexibility index (Phi) is 5.16. The zero-order valence-corrected chi connectivity index (χ0v) is 13.0. The second-order valence-corrected chi connectivity index (χ2v) is 5.20. The number of carbonyl (C=O) groups excluding carboxylic acids is 1. The topological polar surface area (TPSA) is 87.2 Å². The van der Waals surface area contributed by atoms with Crippen LogP contribution in [0.4, 0.5) is 0 Å². The van der Waals surface area contributed by atoms with Gasteiger partial charge in [-0.15, -0.1) is 0 Å². The molecule has 0 saturated carbocycles. The minimum atomic E-state index is -0.624. The van der Waals surface area contributed by atoms with Crippen LogP contribution in [0.15, 0.2) is 24.3 Å². The average molecular weight is 303 g/mol. The molecular weight excluding hydrogens is 282 g/mol. The Labute approximate surface area is 129 Å². The van der Waals surface area contributed by atoms with E-state index in [1.165, 1.54) is 0 Å². The van der Waals surface area contributed by atoms with E-state index in [2.05, 4.69) is 15.5 Å². The van der Waals surface area contributed by atoms with Crippen molar-refractivity contribution in [1.82, 2.24) is 15.5 Å². The molecule has 0 bridgehead atoms. The normalized spacial score (nSPS) is 12.0. The van der Waals surface area contributed by atoms with Crippen LogP contribution in [0.25, 0.3) is 0 Å². The molecule has 1 atom stereocenters. The number of aromatic amines is 1. The van der Waals surface area contributed by atoms with E-state index in [0.29, 0.717) is 12.3 Å². The molecule has 0 aliphatic rings. The fourth-order valence-electron chi connectivity index (χ4n) is 2.13. The van der Waals surface area contributed by atoms with Crippen LogP contribution in [-0.2, 0) is 17.9 Å². The molecule has 0 aliphatic heterocycles. The minimum Gasteiger partial charge on any atom is -0.481 e. The van der Waals surface area contributed by atoms with Gasteiger partial charge in [0.05, 0.1) is 12.3 Å². The minimum absolute atomic E-state index is 0.0587. The number of ether oxygens (including phenoxy) is 1. The number of aromatic nitrogens is 2. The van der Waals surface area contributed by atoms with E-state index >= 15 is 0 Å². The predicted molar refractivity (Wildman–Crippen MR) is 82.4 cm³/mol. The van der Waals surface area contributed by atoms with Gasteiger partial charge < -0.3 is 15.2 Å². The smallest absolute Gasteiger partial charge is 0.261 e. The van der Waals surface area contributed by atoms with Crippen LogP contribution < -0.4 is 10.1 Å². The summed E-state index contributed by atoms with van der Waals surface area (Å²) in [6.45, 7) is 5.86. The average Bonchev–Trinajstić information content (AvgIpc) is 2.83. The highest BCUT2D eigenvalue weighted by Gasteiger charge is 2.16. The number of amides is 1. The van der Waals surface area contributed by atoms with E-state index in [1.807, 2.05) is 13.8 Å². The first kappa shape index (κ1) is 16.0. The van der Waals surface area contributed by atoms with Crippen molar-refractivity contribution in [2.75, 3.05) is 0 Å². The van der Waals surface area contributed by atoms with Crippen molar-refractivity contribution in [3.8, 4) is 5.75 Å². The summed E-state index contributed by atoms with van der Waals surface area (Å²) < 4.78 is 5.60. The Hall–Kier alpha value is -2.34. The largest absolute Gasteiger partial charge is 0.481 e. The molecule has 0 aliphatic carbocycles. The molecule has 1 unspecified atom stereocenters. The molecule has 6 heteroatoms. The number of hydrogen-bond donors (Lipinski definition) is 3. The summed E-state index contributed by atoms with van der Waals surface area (Å²) in [4.78, 5) is 12.1. The first-order chi connectivity index (χ1) is 10.5. The van der Waals surface area contributed by atoms with Crippen molar-refractivity contribution in [2.24, 2.45) is 0 Å². The molecule has 0 fully saturated rings. The van der Waals surface area contributed by atoms with Crippen LogP contribution in [0.1, 0.15) is 29.4 Å². The molecule has 22 heavy (non-hydrogen) atoms. The Bertz CT molecular complexity index is 632. The lowest BCUT2D eigenvalue weighted by molar-refractivity contribution is -0.127. The van der Waals surface area contributed by atoms with Gasteiger partial charge in [-0.25, -0.2) is 0 Å². The number of benzene rings is 1. The van der Waals surface area contributed by atoms with Gasteiger partial charge in [0.15, 0.2) is 6.10 Å². The molecular formula is C16H21N3O3. The molecule has 6 nitrogen and oxygen atoms in total. The Morgan fingerprint density at radius 1 is 1.45 bits per heavy atom. The summed E-state index contributed by atoms with van der Waals surface area (Å²) in [6, 6.07) is 7.05. The van der Waals surface area contributed by atoms with Gasteiger partial charge in [-0.3, -0.25) is 9.89 Å². The lowest BCUT2D eigenvalue weighted by atomic mass is 10.2. The summed E-state index contributed by atoms with van der Waals surface area (Å²) in [6.07, 6.45) is -0.624. The second kappa shape index (κ2) is 7.09. The van der Waals surface area contributed by atoms with Crippen molar-refractivity contribution in [3.05, 3.63) is 46.8 Å². The number of aryl methyl sites for hydroxylation is 2. The van der Waals surface area contributed by atoms with E-state index in [1.54, 1.807) is 31.2 Å². The highest BCUT2D eigenvalue weighted by Crippen LogP contribution is 2.15. The van der Waals surface area contributed by atoms with Gasteiger partial charge in [0.2, 0.25) is 0 Å². The number of aliphatic hydroxyl groups excluding tert-OH is 1. The molecule has 2 aromatic rings. The Morgan fingerprint density at radius 3 is 2.86 bits per heavy atom. The van der Waals surface area contributed by atoms with Crippen LogP contribution in [0.3, 0.4) is 0 Å². The molecule has 118 valence electrons. The van der Waals surface area contributed by atoms with E-state index in [0.717, 1.165) is 22.5 Å². The summed E-state index contributed by atoms with van der Waals surface area (Å²) in [5.74, 6) is 0.360. The van der Waals surface area contributed by atoms with Crippen LogP contribution >= 0.6 is 0 Å². The van der Waals surface area contributed by atoms with E-state index in [4.69, 9.17) is 9.84 Å². The fraction of sp³-hybridized carbons (Fsp3) is 0.375. The van der Waals surface area contributed by atoms with Crippen molar-refractivity contribution in [2.45, 2.75) is 40.0 Å². The number of aliphatic hydroxyl groups is 1. The number of nitrogens with zero attached hydrogens (tertiary/aromatic N) is 1. The van der Waals surface area contributed by atoms with Crippen molar-refractivity contribution in [3.63, 3.8) is 0 Å². The molecule has 1 aromatic heterocycles. The van der Waals surface area contributed by atoms with Crippen molar-refractivity contribution in [1.29, 1.82) is 0 Å². The van der Waals surface area contributed by atoms with Gasteiger partial charge in [0.25, 0.3) is 5.91 Å². The first-order valence-corrected chi connectivity index (χ1v) is 7.16. The molecule has 2 rings (SSSR count). The molecule has 3 N–H and O–H groups in total. The fourth-order valence-corrected chi connectivity index (χ4v) is 2.13. The van der Waals surface area contributed by atoms with Gasteiger partial charge >= 0.3 is 0 Å². The van der Waals surface area contributed by atoms with E-state index in [9.17, 15) is 4.79 Å². The zero-order valence-electron chi connectivity index (χ0n) is 13.0. The number of H-pyrrole nitrogens is 1. The molecule has 0 radical (unpaired) electrons. The zero-order chi connectivity index (χ0) is 16.1. The van der Waals surface area contributed by atoms with E-state index < -0.39 is 6.10 Å². The summed E-state index contributed by atoms with van der Waals surface area (Å²) in [7, 11) is 0. The summed E-state index contributed by atoms with van der Waals surface area (Å²) in [5, 5.41) is 18.9. The summed E-state index contributed by atoms with van der Waals surface area (Å²) in [5.41, 5.74) is 3.56. The lowest BCUT2D eigenvalue weighted by Crippen LogP contribution is -2.36. The first-order valence-electron chi connectivity index (χ1n) is 7.16. The molecule has 1 heterocycles. The highest BCUT2D eigenvalue weighted by molar-refractivity contribution is 5.80. The molecule has 1 aromatic carbocycles. The van der Waals surface area contributed by atoms with Crippen LogP contribution in [0, 0.1) is 13.8 Å². The quantitative estimate of drug-likeness (QED) is 0.756. The van der Waals surface area contributed by atoms with Crippen molar-refractivity contribution >= 4 is 5.91 Å². The number of carbonyl (C=O) groups is 1. The van der Waals surface area contributed by atoms with Gasteiger partial charge in [-0.05, 0) is 38.5 Å². The van der Waals surface area contributed by atoms with Gasteiger partial charge in [0.1, 0.15) is 5.75 Å². The Balaban J connectivity index is 1.92. The van der Waals surface area contributed by atoms with Crippen molar-refractivity contribution < 1.29 is 14.6 Å². The molecule has 1 amide bonds. The van der Waals surface area contributed by atoms with E-state index in [-0.39, 0.29) is 12.5 Å². The maximum absolute atomic E-state index is 12.1. The van der Waals surface area contributed by atoms with Crippen LogP contribution in [-0.4, -0.2) is 27.3 Å². The summed E-state index contributed by atoms with van der Waals surface area (Å²) >= 11 is 0. The molecule has 0 saturated heterocycles. The molecule has 0 spiro atoms. The number of hydrogen-bond acceptors (Lipinski definition) is 4. The maximum atomic E-state index is 12.1. The SMILES string of the molecule is Cc1n[nH]c(C)c1CNC(=O)C(C)Oc1cccc(CO)c1. The number of rotatable bonds is 6. The standard InChI is InChI=1S/C16H21N3O3/c1-10-15(11(2)19-18-10)8-17-16(21)12(3)22-14-6-4-5-13(7-14)9-20/h4-7,12,20H,8-9H2,1-3H3,(H,17,21)(H,18,19). The lowest BCUT2D eigenvalue weighted by Gasteiger charge is -2.15. The van der Waals surface area contributed by atoms with Crippen LogP contribution in [0.2, 0.25) is 0 Å². The third-order valence-electron chi connectivity index (χ3n) is 3.48. The maximum Gasteiger partial charge on any atom is 0.261 e. The Morgan fingerprint density at radius 2 is 2.23 bits per heavy atom. The highest BCUT2D eigenvalue weighted by atomic mass is 16.5. The van der Waals surface area contributed by atoms with Crippen LogP contribution in [0.5, 0.6) is 5.75 Å². The van der Waals surface area contributed by atoms with Gasteiger partial charge in [-0.2, -0.15) is 5.10 Å². The number of nitrogens with one attached hydrogen (secondary N) is 2. The van der Waals surface area contributed by atoms with Gasteiger partial charge in [-0.1, -0.05) is 12.1 Å². The third kappa shape index (κ3) is 3.85. The predicted octanol–water partition coefficient (Wildman–Crippen LogP) is 1.60. The third-order valence-corrected chi connectivity index (χ3v) is 3.48.